The Hall–Kier alpha value is -0.760. The minimum absolute atomic E-state index is 0.572. The normalized spacial score (nSPS) is 33.3. The Morgan fingerprint density at radius 2 is 2.20 bits per heavy atom. The Bertz CT molecular complexity index is 366. The van der Waals surface area contributed by atoms with Gasteiger partial charge in [-0.2, -0.15) is 0 Å². The molecular weight excluding hydrogens is 208 g/mol. The zero-order valence-corrected chi connectivity index (χ0v) is 9.37. The van der Waals surface area contributed by atoms with E-state index in [0.717, 1.165) is 17.7 Å². The van der Waals surface area contributed by atoms with Crippen LogP contribution < -0.4 is 5.32 Å². The maximum atomic E-state index is 5.86. The monoisotopic (exact) mass is 222 g/mol. The summed E-state index contributed by atoms with van der Waals surface area (Å²) in [5.41, 5.74) is 0. The van der Waals surface area contributed by atoms with Crippen LogP contribution in [-0.2, 0) is 0 Å². The fourth-order valence-corrected chi connectivity index (χ4v) is 3.26. The third kappa shape index (κ3) is 1.83. The molecule has 0 radical (unpaired) electrons. The van der Waals surface area contributed by atoms with Crippen molar-refractivity contribution in [2.45, 2.75) is 31.7 Å². The third-order valence-corrected chi connectivity index (χ3v) is 4.00. The first-order valence-corrected chi connectivity index (χ1v) is 6.08. The Morgan fingerprint density at radius 3 is 2.87 bits per heavy atom. The molecule has 0 amide bonds. The van der Waals surface area contributed by atoms with Crippen LogP contribution in [0.15, 0.2) is 18.2 Å². The number of pyridine rings is 1. The molecule has 2 aliphatic rings. The molecule has 0 aromatic carbocycles. The first-order valence-electron chi connectivity index (χ1n) is 5.70. The van der Waals surface area contributed by atoms with Crippen molar-refractivity contribution in [3.05, 3.63) is 23.4 Å². The lowest BCUT2D eigenvalue weighted by Gasteiger charge is -2.23. The molecule has 1 heterocycles. The lowest BCUT2D eigenvalue weighted by atomic mass is 9.95. The second-order valence-corrected chi connectivity index (χ2v) is 5.16. The van der Waals surface area contributed by atoms with Crippen LogP contribution in [0, 0.1) is 11.8 Å². The number of aromatic nitrogens is 1. The van der Waals surface area contributed by atoms with Gasteiger partial charge in [-0.1, -0.05) is 24.1 Å². The summed E-state index contributed by atoms with van der Waals surface area (Å²) in [6, 6.07) is 6.39. The van der Waals surface area contributed by atoms with E-state index in [1.807, 2.05) is 18.2 Å². The van der Waals surface area contributed by atoms with Gasteiger partial charge in [0.25, 0.3) is 0 Å². The second kappa shape index (κ2) is 3.67. The smallest absolute Gasteiger partial charge is 0.131 e. The Morgan fingerprint density at radius 1 is 1.27 bits per heavy atom. The highest BCUT2D eigenvalue weighted by atomic mass is 35.5. The van der Waals surface area contributed by atoms with Crippen molar-refractivity contribution in [1.29, 1.82) is 0 Å². The van der Waals surface area contributed by atoms with E-state index < -0.39 is 0 Å². The number of nitrogens with zero attached hydrogens (tertiary/aromatic N) is 1. The molecule has 1 aromatic rings. The Balaban J connectivity index is 1.71. The highest BCUT2D eigenvalue weighted by Gasteiger charge is 2.39. The Labute approximate surface area is 95.0 Å². The zero-order chi connectivity index (χ0) is 10.3. The first-order chi connectivity index (χ1) is 7.31. The quantitative estimate of drug-likeness (QED) is 0.777. The number of rotatable bonds is 2. The van der Waals surface area contributed by atoms with Gasteiger partial charge in [0.2, 0.25) is 0 Å². The van der Waals surface area contributed by atoms with E-state index in [-0.39, 0.29) is 0 Å². The van der Waals surface area contributed by atoms with E-state index in [0.29, 0.717) is 11.2 Å². The van der Waals surface area contributed by atoms with Gasteiger partial charge in [0.05, 0.1) is 0 Å². The largest absolute Gasteiger partial charge is 0.367 e. The van der Waals surface area contributed by atoms with Gasteiger partial charge in [0.1, 0.15) is 11.0 Å². The van der Waals surface area contributed by atoms with E-state index in [9.17, 15) is 0 Å². The molecule has 1 aromatic heterocycles. The molecule has 3 heteroatoms. The van der Waals surface area contributed by atoms with Crippen LogP contribution in [0.4, 0.5) is 5.82 Å². The molecule has 2 nitrogen and oxygen atoms in total. The summed E-state index contributed by atoms with van der Waals surface area (Å²) in [4.78, 5) is 4.27. The summed E-state index contributed by atoms with van der Waals surface area (Å²) in [5, 5.41) is 4.09. The van der Waals surface area contributed by atoms with Gasteiger partial charge in [0, 0.05) is 6.04 Å². The van der Waals surface area contributed by atoms with Crippen molar-refractivity contribution in [3.8, 4) is 0 Å². The summed E-state index contributed by atoms with van der Waals surface area (Å²) in [7, 11) is 0. The molecular formula is C12H15ClN2. The van der Waals surface area contributed by atoms with Crippen molar-refractivity contribution >= 4 is 17.4 Å². The summed E-state index contributed by atoms with van der Waals surface area (Å²) in [5.74, 6) is 2.77. The maximum Gasteiger partial charge on any atom is 0.131 e. The summed E-state index contributed by atoms with van der Waals surface area (Å²) < 4.78 is 0. The molecule has 2 fully saturated rings. The third-order valence-electron chi connectivity index (χ3n) is 3.79. The molecule has 3 rings (SSSR count). The molecule has 0 saturated heterocycles. The second-order valence-electron chi connectivity index (χ2n) is 4.77. The SMILES string of the molecule is Clc1cccc(NC2CC3CCC2C3)n1. The van der Waals surface area contributed by atoms with Crippen LogP contribution in [0.5, 0.6) is 0 Å². The van der Waals surface area contributed by atoms with Crippen LogP contribution in [0.2, 0.25) is 5.15 Å². The molecule has 80 valence electrons. The number of hydrogen-bond donors (Lipinski definition) is 1. The average molecular weight is 223 g/mol. The van der Waals surface area contributed by atoms with Crippen LogP contribution in [0.3, 0.4) is 0 Å². The Kier molecular flexibility index (Phi) is 2.32. The van der Waals surface area contributed by atoms with Crippen molar-refractivity contribution in [2.24, 2.45) is 11.8 Å². The van der Waals surface area contributed by atoms with Gasteiger partial charge in [-0.15, -0.1) is 0 Å². The van der Waals surface area contributed by atoms with E-state index in [1.54, 1.807) is 0 Å². The number of halogens is 1. The van der Waals surface area contributed by atoms with Gasteiger partial charge >= 0.3 is 0 Å². The zero-order valence-electron chi connectivity index (χ0n) is 8.62. The van der Waals surface area contributed by atoms with E-state index in [2.05, 4.69) is 10.3 Å². The molecule has 15 heavy (non-hydrogen) atoms. The van der Waals surface area contributed by atoms with E-state index in [4.69, 9.17) is 11.6 Å². The van der Waals surface area contributed by atoms with Crippen LogP contribution in [-0.4, -0.2) is 11.0 Å². The van der Waals surface area contributed by atoms with Crippen molar-refractivity contribution in [3.63, 3.8) is 0 Å². The molecule has 3 unspecified atom stereocenters. The van der Waals surface area contributed by atoms with Crippen molar-refractivity contribution in [1.82, 2.24) is 4.98 Å². The first kappa shape index (κ1) is 9.46. The fraction of sp³-hybridized carbons (Fsp3) is 0.583. The number of hydrogen-bond acceptors (Lipinski definition) is 2. The fourth-order valence-electron chi connectivity index (χ4n) is 3.10. The molecule has 1 N–H and O–H groups in total. The molecule has 2 aliphatic carbocycles. The standard InChI is InChI=1S/C12H15ClN2/c13-11-2-1-3-12(15-11)14-10-7-8-4-5-9(10)6-8/h1-3,8-10H,4-7H2,(H,14,15). The molecule has 2 bridgehead atoms. The predicted octanol–water partition coefficient (Wildman–Crippen LogP) is 3.34. The van der Waals surface area contributed by atoms with E-state index >= 15 is 0 Å². The molecule has 2 saturated carbocycles. The highest BCUT2D eigenvalue weighted by Crippen LogP contribution is 2.45. The van der Waals surface area contributed by atoms with Crippen LogP contribution in [0.25, 0.3) is 0 Å². The lowest BCUT2D eigenvalue weighted by molar-refractivity contribution is 0.439. The summed E-state index contributed by atoms with van der Waals surface area (Å²) in [6.45, 7) is 0. The number of fused-ring (bicyclic) bond motifs is 2. The van der Waals surface area contributed by atoms with Gasteiger partial charge in [-0.3, -0.25) is 0 Å². The minimum atomic E-state index is 0.572. The molecule has 0 spiro atoms. The van der Waals surface area contributed by atoms with Crippen molar-refractivity contribution in [2.75, 3.05) is 5.32 Å². The molecule has 3 atom stereocenters. The maximum absolute atomic E-state index is 5.86. The van der Waals surface area contributed by atoms with Crippen molar-refractivity contribution < 1.29 is 0 Å². The number of anilines is 1. The highest BCUT2D eigenvalue weighted by molar-refractivity contribution is 6.29. The average Bonchev–Trinajstić information content (AvgIpc) is 2.79. The minimum Gasteiger partial charge on any atom is -0.367 e. The summed E-state index contributed by atoms with van der Waals surface area (Å²) >= 11 is 5.86. The molecule has 0 aliphatic heterocycles. The predicted molar refractivity (Wildman–Crippen MR) is 62.1 cm³/mol. The van der Waals surface area contributed by atoms with Gasteiger partial charge in [-0.25, -0.2) is 4.98 Å². The van der Waals surface area contributed by atoms with Gasteiger partial charge < -0.3 is 5.32 Å². The van der Waals surface area contributed by atoms with Gasteiger partial charge in [-0.05, 0) is 43.2 Å². The lowest BCUT2D eigenvalue weighted by Crippen LogP contribution is -2.26. The summed E-state index contributed by atoms with van der Waals surface area (Å²) in [6.07, 6.45) is 5.56. The van der Waals surface area contributed by atoms with Gasteiger partial charge in [0.15, 0.2) is 0 Å². The van der Waals surface area contributed by atoms with Crippen LogP contribution >= 0.6 is 11.6 Å². The number of nitrogens with one attached hydrogen (secondary N) is 1. The van der Waals surface area contributed by atoms with E-state index in [1.165, 1.54) is 25.7 Å². The topological polar surface area (TPSA) is 24.9 Å². The van der Waals surface area contributed by atoms with Crippen LogP contribution in [0.1, 0.15) is 25.7 Å².